The van der Waals surface area contributed by atoms with Crippen molar-refractivity contribution in [3.63, 3.8) is 0 Å². The van der Waals surface area contributed by atoms with Crippen molar-refractivity contribution < 1.29 is 19.2 Å². The van der Waals surface area contributed by atoms with Crippen LogP contribution in [0.5, 0.6) is 0 Å². The molecule has 1 aliphatic heterocycles. The predicted molar refractivity (Wildman–Crippen MR) is 94.2 cm³/mol. The molecule has 1 heterocycles. The highest BCUT2D eigenvalue weighted by Crippen LogP contribution is 2.56. The number of rotatable bonds is 5. The van der Waals surface area contributed by atoms with Gasteiger partial charge < -0.3 is 5.32 Å². The van der Waals surface area contributed by atoms with Crippen molar-refractivity contribution in [1.82, 2.24) is 4.90 Å². The van der Waals surface area contributed by atoms with Gasteiger partial charge in [-0.25, -0.2) is 0 Å². The Morgan fingerprint density at radius 3 is 2.38 bits per heavy atom. The van der Waals surface area contributed by atoms with E-state index >= 15 is 0 Å². The van der Waals surface area contributed by atoms with Crippen molar-refractivity contribution in [1.29, 1.82) is 0 Å². The number of fused-ring (bicyclic) bond motifs is 5. The Bertz CT molecular complexity index is 775. The number of hydrogen-bond acceptors (Lipinski definition) is 4. The van der Waals surface area contributed by atoms with Gasteiger partial charge in [-0.1, -0.05) is 12.1 Å². The number of nitrogens with zero attached hydrogens (tertiary/aromatic N) is 1. The molecule has 4 rings (SSSR count). The predicted octanol–water partition coefficient (Wildman–Crippen LogP) is 2.25. The lowest BCUT2D eigenvalue weighted by Crippen LogP contribution is -2.35. The lowest BCUT2D eigenvalue weighted by Gasteiger charge is -2.19. The van der Waals surface area contributed by atoms with Crippen LogP contribution in [0.3, 0.4) is 0 Å². The summed E-state index contributed by atoms with van der Waals surface area (Å²) in [5.41, 5.74) is 1.06. The van der Waals surface area contributed by atoms with Crippen LogP contribution in [-0.4, -0.2) is 34.9 Å². The van der Waals surface area contributed by atoms with Gasteiger partial charge in [-0.05, 0) is 50.2 Å². The van der Waals surface area contributed by atoms with E-state index in [0.29, 0.717) is 23.1 Å². The zero-order chi connectivity index (χ0) is 18.4. The molecule has 0 aromatic heterocycles. The van der Waals surface area contributed by atoms with Gasteiger partial charge >= 0.3 is 0 Å². The fraction of sp³-hybridized carbons (Fsp3) is 0.500. The second-order valence-electron chi connectivity index (χ2n) is 7.65. The van der Waals surface area contributed by atoms with Gasteiger partial charge in [-0.15, -0.1) is 0 Å². The highest BCUT2D eigenvalue weighted by molar-refractivity contribution is 6.06. The van der Waals surface area contributed by atoms with Crippen LogP contribution in [0.1, 0.15) is 43.0 Å². The number of imide groups is 1. The molecule has 1 saturated heterocycles. The number of benzene rings is 1. The summed E-state index contributed by atoms with van der Waals surface area (Å²) in [5.74, 6) is -0.0867. The Hall–Kier alpha value is -2.50. The molecule has 2 aliphatic carbocycles. The fourth-order valence-electron chi connectivity index (χ4n) is 4.94. The first kappa shape index (κ1) is 16.9. The number of nitrogens with one attached hydrogen (secondary N) is 1. The number of hydrogen-bond donors (Lipinski definition) is 1. The van der Waals surface area contributed by atoms with Crippen molar-refractivity contribution in [2.24, 2.45) is 23.7 Å². The highest BCUT2D eigenvalue weighted by Gasteiger charge is 2.60. The van der Waals surface area contributed by atoms with Gasteiger partial charge in [-0.2, -0.15) is 0 Å². The molecule has 4 atom stereocenters. The second-order valence-corrected chi connectivity index (χ2v) is 7.65. The molecule has 26 heavy (non-hydrogen) atoms. The largest absolute Gasteiger partial charge is 0.326 e. The molecule has 3 fully saturated rings. The van der Waals surface area contributed by atoms with Gasteiger partial charge in [-0.3, -0.25) is 24.1 Å². The van der Waals surface area contributed by atoms with E-state index in [1.54, 1.807) is 24.3 Å². The van der Waals surface area contributed by atoms with Crippen LogP contribution in [0.25, 0.3) is 0 Å². The van der Waals surface area contributed by atoms with Crippen molar-refractivity contribution >= 4 is 29.2 Å². The molecule has 2 bridgehead atoms. The van der Waals surface area contributed by atoms with Crippen LogP contribution in [0, 0.1) is 23.7 Å². The molecule has 0 unspecified atom stereocenters. The lowest BCUT2D eigenvalue weighted by molar-refractivity contribution is -0.140. The van der Waals surface area contributed by atoms with Crippen molar-refractivity contribution in [3.8, 4) is 0 Å². The third-order valence-electron chi connectivity index (χ3n) is 6.13. The Morgan fingerprint density at radius 1 is 1.12 bits per heavy atom. The minimum Gasteiger partial charge on any atom is -0.326 e. The summed E-state index contributed by atoms with van der Waals surface area (Å²) in [6.45, 7) is 1.60. The SMILES string of the molecule is CC(=O)c1cccc(NC(=O)CCN2C(=O)[C@H]3[C@@H]4CC[C@@H](C4)[C@@H]3C2=O)c1. The number of ketones is 1. The molecule has 136 valence electrons. The zero-order valence-electron chi connectivity index (χ0n) is 14.7. The van der Waals surface area contributed by atoms with E-state index in [9.17, 15) is 19.2 Å². The fourth-order valence-corrected chi connectivity index (χ4v) is 4.94. The number of anilines is 1. The molecule has 6 nitrogen and oxygen atoms in total. The monoisotopic (exact) mass is 354 g/mol. The Kier molecular flexibility index (Phi) is 4.13. The van der Waals surface area contributed by atoms with Crippen molar-refractivity contribution in [3.05, 3.63) is 29.8 Å². The van der Waals surface area contributed by atoms with Crippen LogP contribution >= 0.6 is 0 Å². The third kappa shape index (κ3) is 2.73. The summed E-state index contributed by atoms with van der Waals surface area (Å²) in [6, 6.07) is 6.72. The maximum absolute atomic E-state index is 12.6. The maximum atomic E-state index is 12.6. The Labute approximate surface area is 151 Å². The molecule has 2 saturated carbocycles. The number of Topliss-reactive ketones (excluding diaryl/α,β-unsaturated/α-hetero) is 1. The molecule has 3 aliphatic rings. The first-order valence-electron chi connectivity index (χ1n) is 9.22. The summed E-state index contributed by atoms with van der Waals surface area (Å²) in [7, 11) is 0. The lowest BCUT2D eigenvalue weighted by atomic mass is 9.81. The first-order chi connectivity index (χ1) is 12.5. The van der Waals surface area contributed by atoms with Gasteiger partial charge in [0.1, 0.15) is 0 Å². The minimum absolute atomic E-state index is 0.0660. The normalized spacial score (nSPS) is 29.2. The van der Waals surface area contributed by atoms with E-state index in [2.05, 4.69) is 5.32 Å². The molecule has 1 aromatic rings. The standard InChI is InChI=1S/C20H22N2O4/c1-11(23)12-3-2-4-15(10-12)21-16(24)7-8-22-19(25)17-13-5-6-14(9-13)18(17)20(22)26/h2-4,10,13-14,17-18H,5-9H2,1H3,(H,21,24)/t13-,14+,17-,18-/m0/s1. The van der Waals surface area contributed by atoms with E-state index in [1.807, 2.05) is 0 Å². The number of carbonyl (C=O) groups excluding carboxylic acids is 4. The Morgan fingerprint density at radius 2 is 1.77 bits per heavy atom. The van der Waals surface area contributed by atoms with Crippen molar-refractivity contribution in [2.75, 3.05) is 11.9 Å². The van der Waals surface area contributed by atoms with Gasteiger partial charge in [0, 0.05) is 24.2 Å². The van der Waals surface area contributed by atoms with E-state index in [4.69, 9.17) is 0 Å². The van der Waals surface area contributed by atoms with E-state index in [1.165, 1.54) is 11.8 Å². The first-order valence-corrected chi connectivity index (χ1v) is 9.22. The molecule has 1 aromatic carbocycles. The summed E-state index contributed by atoms with van der Waals surface area (Å²) in [4.78, 5) is 50.1. The average Bonchev–Trinajstić information content (AvgIpc) is 3.28. The number of likely N-dealkylation sites (tertiary alicyclic amines) is 1. The quantitative estimate of drug-likeness (QED) is 0.649. The highest BCUT2D eigenvalue weighted by atomic mass is 16.2. The molecule has 6 heteroatoms. The molecular formula is C20H22N2O4. The van der Waals surface area contributed by atoms with Crippen LogP contribution in [-0.2, 0) is 14.4 Å². The summed E-state index contributed by atoms with van der Waals surface area (Å²) < 4.78 is 0. The van der Waals surface area contributed by atoms with Crippen LogP contribution in [0.15, 0.2) is 24.3 Å². The minimum atomic E-state index is -0.272. The Balaban J connectivity index is 1.36. The van der Waals surface area contributed by atoms with Crippen LogP contribution in [0.4, 0.5) is 5.69 Å². The number of amides is 3. The van der Waals surface area contributed by atoms with E-state index in [0.717, 1.165) is 19.3 Å². The summed E-state index contributed by atoms with van der Waals surface area (Å²) in [6.07, 6.45) is 3.17. The second kappa shape index (κ2) is 6.34. The molecule has 0 spiro atoms. The molecular weight excluding hydrogens is 332 g/mol. The number of carbonyl (C=O) groups is 4. The van der Waals surface area contributed by atoms with Gasteiger partial charge in [0.05, 0.1) is 11.8 Å². The third-order valence-corrected chi connectivity index (χ3v) is 6.13. The van der Waals surface area contributed by atoms with Gasteiger partial charge in [0.25, 0.3) is 0 Å². The smallest absolute Gasteiger partial charge is 0.233 e. The summed E-state index contributed by atoms with van der Waals surface area (Å²) >= 11 is 0. The van der Waals surface area contributed by atoms with E-state index < -0.39 is 0 Å². The molecule has 0 radical (unpaired) electrons. The van der Waals surface area contributed by atoms with Crippen molar-refractivity contribution in [2.45, 2.75) is 32.6 Å². The molecule has 3 amide bonds. The molecule has 1 N–H and O–H groups in total. The zero-order valence-corrected chi connectivity index (χ0v) is 14.7. The van der Waals surface area contributed by atoms with Gasteiger partial charge in [0.2, 0.25) is 17.7 Å². The van der Waals surface area contributed by atoms with Crippen LogP contribution < -0.4 is 5.32 Å². The topological polar surface area (TPSA) is 83.6 Å². The van der Waals surface area contributed by atoms with E-state index in [-0.39, 0.29) is 48.3 Å². The maximum Gasteiger partial charge on any atom is 0.233 e. The van der Waals surface area contributed by atoms with Crippen LogP contribution in [0.2, 0.25) is 0 Å². The van der Waals surface area contributed by atoms with Gasteiger partial charge in [0.15, 0.2) is 5.78 Å². The summed E-state index contributed by atoms with van der Waals surface area (Å²) in [5, 5.41) is 2.73. The average molecular weight is 354 g/mol.